The lowest BCUT2D eigenvalue weighted by Crippen LogP contribution is -2.43. The Hall–Kier alpha value is -3.27. The Morgan fingerprint density at radius 2 is 1.90 bits per heavy atom. The molecule has 8 rings (SSSR count). The number of nitrogens with two attached hydrogens (primary N) is 1. The fraction of sp³-hybridized carbons (Fsp3) is 0.528. The number of fused-ring (bicyclic) bond motifs is 2. The molecule has 2 N–H and O–H groups in total. The van der Waals surface area contributed by atoms with E-state index in [4.69, 9.17) is 17.3 Å². The summed E-state index contributed by atoms with van der Waals surface area (Å²) < 4.78 is 72.1. The molecule has 3 aliphatic heterocycles. The first-order valence-electron chi connectivity index (χ1n) is 16.9. The first-order valence-corrected chi connectivity index (χ1v) is 18.1. The number of nitrogens with zero attached hydrogens (tertiary/aromatic N) is 5. The smallest absolute Gasteiger partial charge is 0.255 e. The highest BCUT2D eigenvalue weighted by Crippen LogP contribution is 2.49. The van der Waals surface area contributed by atoms with Crippen LogP contribution in [0.2, 0.25) is 5.02 Å². The lowest BCUT2D eigenvalue weighted by molar-refractivity contribution is 0.148. The predicted molar refractivity (Wildman–Crippen MR) is 185 cm³/mol. The van der Waals surface area contributed by atoms with Gasteiger partial charge in [-0.2, -0.15) is 5.26 Å². The molecule has 0 spiro atoms. The molecule has 2 saturated heterocycles. The van der Waals surface area contributed by atoms with Crippen LogP contribution in [-0.4, -0.2) is 58.7 Å². The molecule has 1 aliphatic carbocycles. The molecule has 2 aromatic carbocycles. The average molecular weight is 717 g/mol. The van der Waals surface area contributed by atoms with E-state index in [-0.39, 0.29) is 71.5 Å². The van der Waals surface area contributed by atoms with Gasteiger partial charge in [-0.05, 0) is 88.4 Å². The maximum atomic E-state index is 16.6. The number of rotatable bonds is 4. The topological polar surface area (TPSA) is 82.1 Å². The zero-order valence-corrected chi connectivity index (χ0v) is 29.0. The summed E-state index contributed by atoms with van der Waals surface area (Å²) >= 11 is 7.90. The molecular formula is C36H38ClF5N6S. The number of alkyl halides is 3. The standard InChI is InChI=1S/C28H24ClF4N5S.C8H14FN/c1-12-36-25-22-15(7-9-18(13-4-2-3-5-13)38(11-19(31)32)28(22)37-12)23(29)21(24(25)33)14-6-8-17(30)26-20(14)16(10-34)27(35)39-26;1-8-3-2-4-10(8)6-7(9)5-8/h6,8,13,18-19H,2-5,7,9,11,35H2,1H3;7H,2-6H2,1H3/t;7?,8-/m.0/s1. The molecular weight excluding hydrogens is 679 g/mol. The van der Waals surface area contributed by atoms with Crippen LogP contribution in [0.15, 0.2) is 12.1 Å². The highest BCUT2D eigenvalue weighted by molar-refractivity contribution is 7.23. The van der Waals surface area contributed by atoms with Crippen molar-refractivity contribution in [2.75, 3.05) is 30.3 Å². The summed E-state index contributed by atoms with van der Waals surface area (Å²) in [6.45, 7) is 5.08. The van der Waals surface area contributed by atoms with E-state index in [0.29, 0.717) is 30.3 Å². The van der Waals surface area contributed by atoms with Crippen LogP contribution < -0.4 is 10.6 Å². The third-order valence-corrected chi connectivity index (χ3v) is 12.5. The van der Waals surface area contributed by atoms with Crippen molar-refractivity contribution in [1.29, 1.82) is 5.26 Å². The minimum absolute atomic E-state index is 0.0118. The molecule has 0 bridgehead atoms. The molecule has 49 heavy (non-hydrogen) atoms. The van der Waals surface area contributed by atoms with Crippen LogP contribution in [-0.2, 0) is 6.42 Å². The van der Waals surface area contributed by atoms with Crippen LogP contribution in [0, 0.1) is 35.8 Å². The highest BCUT2D eigenvalue weighted by atomic mass is 35.5. The van der Waals surface area contributed by atoms with E-state index in [2.05, 4.69) is 21.8 Å². The summed E-state index contributed by atoms with van der Waals surface area (Å²) in [6.07, 6.45) is 4.98. The molecule has 5 heterocycles. The fourth-order valence-corrected chi connectivity index (χ4v) is 10.2. The van der Waals surface area contributed by atoms with E-state index in [1.807, 2.05) is 6.07 Å². The number of hydrogen-bond donors (Lipinski definition) is 1. The zero-order valence-electron chi connectivity index (χ0n) is 27.4. The molecule has 0 radical (unpaired) electrons. The van der Waals surface area contributed by atoms with Gasteiger partial charge < -0.3 is 10.6 Å². The van der Waals surface area contributed by atoms with Crippen LogP contribution in [0.4, 0.5) is 32.8 Å². The number of thiophene rings is 1. The van der Waals surface area contributed by atoms with Crippen molar-refractivity contribution < 1.29 is 22.0 Å². The van der Waals surface area contributed by atoms with Crippen molar-refractivity contribution in [3.8, 4) is 17.2 Å². The van der Waals surface area contributed by atoms with Crippen molar-refractivity contribution >= 4 is 54.7 Å². The number of nitriles is 1. The monoisotopic (exact) mass is 716 g/mol. The van der Waals surface area contributed by atoms with Crippen LogP contribution in [0.1, 0.15) is 75.2 Å². The van der Waals surface area contributed by atoms with E-state index >= 15 is 4.39 Å². The number of nitrogen functional groups attached to an aromatic ring is 1. The van der Waals surface area contributed by atoms with Gasteiger partial charge in [0.25, 0.3) is 6.43 Å². The number of hydrogen-bond acceptors (Lipinski definition) is 7. The van der Waals surface area contributed by atoms with E-state index in [1.165, 1.54) is 25.0 Å². The SMILES string of the molecule is C[C@@]12CCCN1CC(F)C2.Cc1nc2c3c(c(Cl)c(-c4ccc(F)c5sc(N)c(C#N)c45)c(F)c3n1)CCC(C1CCCC1)N2CC(F)F. The molecule has 2 unspecified atom stereocenters. The van der Waals surface area contributed by atoms with Gasteiger partial charge in [0.15, 0.2) is 5.82 Å². The number of anilines is 2. The van der Waals surface area contributed by atoms with Crippen LogP contribution >= 0.6 is 22.9 Å². The van der Waals surface area contributed by atoms with Gasteiger partial charge in [0.1, 0.15) is 40.2 Å². The van der Waals surface area contributed by atoms with Gasteiger partial charge in [-0.3, -0.25) is 4.90 Å². The first kappa shape index (κ1) is 34.2. The molecule has 3 atom stereocenters. The largest absolute Gasteiger partial charge is 0.389 e. The van der Waals surface area contributed by atoms with Crippen LogP contribution in [0.5, 0.6) is 0 Å². The van der Waals surface area contributed by atoms with Crippen LogP contribution in [0.3, 0.4) is 0 Å². The summed E-state index contributed by atoms with van der Waals surface area (Å²) in [5.41, 5.74) is 7.06. The summed E-state index contributed by atoms with van der Waals surface area (Å²) in [5.74, 6) is -0.622. The molecule has 3 fully saturated rings. The summed E-state index contributed by atoms with van der Waals surface area (Å²) in [6, 6.07) is 4.40. The number of aromatic nitrogens is 2. The maximum absolute atomic E-state index is 16.6. The molecule has 13 heteroatoms. The molecule has 260 valence electrons. The molecule has 2 aromatic heterocycles. The normalized spacial score (nSPS) is 24.0. The van der Waals surface area contributed by atoms with Crippen LogP contribution in [0.25, 0.3) is 32.1 Å². The third-order valence-electron chi connectivity index (χ3n) is 11.0. The van der Waals surface area contributed by atoms with Crippen molar-refractivity contribution in [2.45, 2.75) is 95.8 Å². The Morgan fingerprint density at radius 3 is 2.59 bits per heavy atom. The second-order valence-electron chi connectivity index (χ2n) is 14.1. The van der Waals surface area contributed by atoms with E-state index in [9.17, 15) is 22.8 Å². The maximum Gasteiger partial charge on any atom is 0.255 e. The zero-order chi connectivity index (χ0) is 34.8. The lowest BCUT2D eigenvalue weighted by Gasteiger charge is -2.35. The molecule has 4 aliphatic rings. The summed E-state index contributed by atoms with van der Waals surface area (Å²) in [4.78, 5) is 12.9. The summed E-state index contributed by atoms with van der Waals surface area (Å²) in [7, 11) is 0. The number of benzene rings is 2. The van der Waals surface area contributed by atoms with Gasteiger partial charge in [0, 0.05) is 29.1 Å². The van der Waals surface area contributed by atoms with Gasteiger partial charge in [0.2, 0.25) is 0 Å². The quantitative estimate of drug-likeness (QED) is 0.212. The van der Waals surface area contributed by atoms with Crippen molar-refractivity contribution in [2.24, 2.45) is 5.92 Å². The fourth-order valence-electron chi connectivity index (χ4n) is 8.87. The first-order chi connectivity index (χ1) is 23.4. The Bertz CT molecular complexity index is 1970. The Morgan fingerprint density at radius 1 is 1.14 bits per heavy atom. The van der Waals surface area contributed by atoms with Gasteiger partial charge in [-0.1, -0.05) is 30.5 Å². The minimum atomic E-state index is -2.61. The van der Waals surface area contributed by atoms with Gasteiger partial charge >= 0.3 is 0 Å². The Balaban J connectivity index is 0.000000322. The minimum Gasteiger partial charge on any atom is -0.389 e. The van der Waals surface area contributed by atoms with E-state index in [0.717, 1.165) is 50.0 Å². The number of aryl methyl sites for hydroxylation is 2. The van der Waals surface area contributed by atoms with Gasteiger partial charge in [-0.15, -0.1) is 11.3 Å². The Labute approximate surface area is 291 Å². The third kappa shape index (κ3) is 5.89. The van der Waals surface area contributed by atoms with Crippen molar-refractivity contribution in [3.05, 3.63) is 45.7 Å². The van der Waals surface area contributed by atoms with Gasteiger partial charge in [-0.25, -0.2) is 31.9 Å². The van der Waals surface area contributed by atoms with E-state index < -0.39 is 30.8 Å². The van der Waals surface area contributed by atoms with Crippen molar-refractivity contribution in [1.82, 2.24) is 14.9 Å². The second-order valence-corrected chi connectivity index (χ2v) is 15.5. The highest BCUT2D eigenvalue weighted by Gasteiger charge is 2.45. The van der Waals surface area contributed by atoms with E-state index in [1.54, 1.807) is 11.8 Å². The lowest BCUT2D eigenvalue weighted by atomic mass is 9.90. The number of halogens is 6. The predicted octanol–water partition coefficient (Wildman–Crippen LogP) is 9.36. The van der Waals surface area contributed by atoms with Gasteiger partial charge in [0.05, 0.1) is 27.2 Å². The summed E-state index contributed by atoms with van der Waals surface area (Å²) in [5, 5.41) is 10.5. The molecule has 0 amide bonds. The van der Waals surface area contributed by atoms with Crippen molar-refractivity contribution in [3.63, 3.8) is 0 Å². The second kappa shape index (κ2) is 13.1. The molecule has 1 saturated carbocycles. The molecule has 6 nitrogen and oxygen atoms in total. The average Bonchev–Trinajstić information content (AvgIpc) is 3.81. The molecule has 4 aromatic rings. The Kier molecular flexibility index (Phi) is 9.16.